The van der Waals surface area contributed by atoms with Crippen molar-refractivity contribution in [2.24, 2.45) is 0 Å². The number of fused-ring (bicyclic) bond motifs is 1. The van der Waals surface area contributed by atoms with Crippen molar-refractivity contribution in [1.82, 2.24) is 5.32 Å². The van der Waals surface area contributed by atoms with Gasteiger partial charge in [-0.2, -0.15) is 0 Å². The number of aryl methyl sites for hydroxylation is 1. The Bertz CT molecular complexity index is 967. The topological polar surface area (TPSA) is 92.3 Å². The molecule has 6 nitrogen and oxygen atoms in total. The molecule has 0 aliphatic carbocycles. The number of rotatable bonds is 7. The van der Waals surface area contributed by atoms with E-state index >= 15 is 0 Å². The lowest BCUT2D eigenvalue weighted by atomic mass is 10.2. The second-order valence-corrected chi connectivity index (χ2v) is 10.3. The molecule has 9 heteroatoms. The smallest absolute Gasteiger partial charge is 0.234 e. The number of thiophene rings is 1. The summed E-state index contributed by atoms with van der Waals surface area (Å²) in [6.07, 6.45) is 0.647. The fourth-order valence-electron chi connectivity index (χ4n) is 2.66. The molecule has 0 fully saturated rings. The summed E-state index contributed by atoms with van der Waals surface area (Å²) >= 11 is 3.02. The van der Waals surface area contributed by atoms with Crippen LogP contribution < -0.4 is 10.6 Å². The minimum absolute atomic E-state index is 0.0933. The number of benzene rings is 1. The van der Waals surface area contributed by atoms with Crippen molar-refractivity contribution in [1.29, 1.82) is 0 Å². The SMILES string of the molecule is Cc1ccsc1CCNC(=O)CCS(=O)(=O)c1ccc2c(c1)NC(=O)CS2. The number of hydrogen-bond acceptors (Lipinski definition) is 6. The van der Waals surface area contributed by atoms with Gasteiger partial charge >= 0.3 is 0 Å². The Morgan fingerprint density at radius 1 is 1.30 bits per heavy atom. The Labute approximate surface area is 166 Å². The van der Waals surface area contributed by atoms with Gasteiger partial charge in [0, 0.05) is 22.7 Å². The van der Waals surface area contributed by atoms with Crippen LogP contribution in [0.15, 0.2) is 39.4 Å². The zero-order chi connectivity index (χ0) is 19.4. The standard InChI is InChI=1S/C18H20N2O4S3/c1-12-5-8-25-15(12)4-7-19-17(21)6-9-27(23,24)13-2-3-16-14(10-13)20-18(22)11-26-16/h2-3,5,8,10H,4,6-7,9,11H2,1H3,(H,19,21)(H,20,22). The Hall–Kier alpha value is -1.84. The van der Waals surface area contributed by atoms with Gasteiger partial charge in [-0.25, -0.2) is 8.42 Å². The molecule has 0 radical (unpaired) electrons. The first-order valence-corrected chi connectivity index (χ1v) is 12.0. The molecule has 1 aromatic heterocycles. The quantitative estimate of drug-likeness (QED) is 0.713. The lowest BCUT2D eigenvalue weighted by Gasteiger charge is -2.17. The molecular formula is C18H20N2O4S3. The molecule has 0 bridgehead atoms. The molecule has 0 saturated carbocycles. The van der Waals surface area contributed by atoms with Gasteiger partial charge in [0.1, 0.15) is 0 Å². The van der Waals surface area contributed by atoms with Gasteiger partial charge in [-0.15, -0.1) is 23.1 Å². The highest BCUT2D eigenvalue weighted by Gasteiger charge is 2.21. The molecule has 27 heavy (non-hydrogen) atoms. The van der Waals surface area contributed by atoms with Crippen molar-refractivity contribution in [3.63, 3.8) is 0 Å². The average molecular weight is 425 g/mol. The van der Waals surface area contributed by atoms with Gasteiger partial charge in [0.25, 0.3) is 0 Å². The van der Waals surface area contributed by atoms with Gasteiger partial charge in [0.15, 0.2) is 9.84 Å². The molecule has 1 aliphatic rings. The van der Waals surface area contributed by atoms with E-state index in [1.54, 1.807) is 17.4 Å². The van der Waals surface area contributed by atoms with Crippen molar-refractivity contribution in [3.05, 3.63) is 40.1 Å². The van der Waals surface area contributed by atoms with Crippen molar-refractivity contribution < 1.29 is 18.0 Å². The first-order valence-electron chi connectivity index (χ1n) is 8.44. The van der Waals surface area contributed by atoms with E-state index in [4.69, 9.17) is 0 Å². The summed E-state index contributed by atoms with van der Waals surface area (Å²) in [4.78, 5) is 25.6. The van der Waals surface area contributed by atoms with Crippen molar-refractivity contribution >= 4 is 50.4 Å². The van der Waals surface area contributed by atoms with Crippen LogP contribution in [0.4, 0.5) is 5.69 Å². The minimum atomic E-state index is -3.60. The molecule has 2 N–H and O–H groups in total. The van der Waals surface area contributed by atoms with Crippen LogP contribution in [0.2, 0.25) is 0 Å². The van der Waals surface area contributed by atoms with Crippen molar-refractivity contribution in [3.8, 4) is 0 Å². The lowest BCUT2D eigenvalue weighted by molar-refractivity contribution is -0.120. The van der Waals surface area contributed by atoms with Crippen LogP contribution in [0.1, 0.15) is 16.9 Å². The molecule has 1 aliphatic heterocycles. The molecule has 0 unspecified atom stereocenters. The molecule has 3 rings (SSSR count). The number of nitrogens with one attached hydrogen (secondary N) is 2. The van der Waals surface area contributed by atoms with E-state index < -0.39 is 9.84 Å². The van der Waals surface area contributed by atoms with E-state index in [9.17, 15) is 18.0 Å². The predicted octanol–water partition coefficient (Wildman–Crippen LogP) is 2.62. The zero-order valence-corrected chi connectivity index (χ0v) is 17.2. The predicted molar refractivity (Wildman–Crippen MR) is 108 cm³/mol. The Kier molecular flexibility index (Phi) is 6.23. The maximum Gasteiger partial charge on any atom is 0.234 e. The Morgan fingerprint density at radius 3 is 2.85 bits per heavy atom. The minimum Gasteiger partial charge on any atom is -0.356 e. The third-order valence-electron chi connectivity index (χ3n) is 4.18. The number of anilines is 1. The summed E-state index contributed by atoms with van der Waals surface area (Å²) in [5.41, 5.74) is 1.71. The van der Waals surface area contributed by atoms with Crippen molar-refractivity contribution in [2.45, 2.75) is 29.6 Å². The zero-order valence-electron chi connectivity index (χ0n) is 14.8. The number of carbonyl (C=O) groups is 2. The highest BCUT2D eigenvalue weighted by molar-refractivity contribution is 8.00. The fraction of sp³-hybridized carbons (Fsp3) is 0.333. The molecule has 2 heterocycles. The second-order valence-electron chi connectivity index (χ2n) is 6.19. The second kappa shape index (κ2) is 8.45. The number of sulfone groups is 1. The number of thioether (sulfide) groups is 1. The van der Waals surface area contributed by atoms with Gasteiger partial charge in [-0.1, -0.05) is 0 Å². The monoisotopic (exact) mass is 424 g/mol. The van der Waals surface area contributed by atoms with Crippen molar-refractivity contribution in [2.75, 3.05) is 23.4 Å². The Balaban J connectivity index is 1.53. The summed E-state index contributed by atoms with van der Waals surface area (Å²) in [6.45, 7) is 2.52. The van der Waals surface area contributed by atoms with E-state index in [0.717, 1.165) is 11.3 Å². The maximum atomic E-state index is 12.5. The molecule has 2 aromatic rings. The van der Waals surface area contributed by atoms with Gasteiger partial charge in [0.05, 0.1) is 22.1 Å². The molecule has 0 spiro atoms. The van der Waals surface area contributed by atoms with E-state index in [1.807, 2.05) is 18.4 Å². The summed E-state index contributed by atoms with van der Waals surface area (Å²) in [6, 6.07) is 6.71. The molecule has 2 amide bonds. The van der Waals surface area contributed by atoms with E-state index in [2.05, 4.69) is 10.6 Å². The van der Waals surface area contributed by atoms with Gasteiger partial charge in [-0.3, -0.25) is 9.59 Å². The molecule has 0 atom stereocenters. The van der Waals surface area contributed by atoms with Crippen LogP contribution in [0, 0.1) is 6.92 Å². The van der Waals surface area contributed by atoms with Gasteiger partial charge < -0.3 is 10.6 Å². The molecule has 1 aromatic carbocycles. The van der Waals surface area contributed by atoms with Gasteiger partial charge in [0.2, 0.25) is 11.8 Å². The van der Waals surface area contributed by atoms with Crippen LogP contribution in [0.3, 0.4) is 0 Å². The summed E-state index contributed by atoms with van der Waals surface area (Å²) < 4.78 is 25.0. The summed E-state index contributed by atoms with van der Waals surface area (Å²) in [5, 5.41) is 7.46. The first kappa shape index (κ1) is 19.9. The summed E-state index contributed by atoms with van der Waals surface area (Å²) in [5.74, 6) is -0.377. The number of hydrogen-bond donors (Lipinski definition) is 2. The maximum absolute atomic E-state index is 12.5. The van der Waals surface area contributed by atoms with E-state index in [1.165, 1.54) is 34.3 Å². The van der Waals surface area contributed by atoms with E-state index in [-0.39, 0.29) is 28.9 Å². The summed E-state index contributed by atoms with van der Waals surface area (Å²) in [7, 11) is -3.60. The van der Waals surface area contributed by atoms with Crippen LogP contribution in [-0.2, 0) is 25.8 Å². The van der Waals surface area contributed by atoms with E-state index in [0.29, 0.717) is 18.0 Å². The Morgan fingerprint density at radius 2 is 2.11 bits per heavy atom. The first-order chi connectivity index (χ1) is 12.8. The normalized spacial score (nSPS) is 13.7. The highest BCUT2D eigenvalue weighted by atomic mass is 32.2. The highest BCUT2D eigenvalue weighted by Crippen LogP contribution is 2.33. The largest absolute Gasteiger partial charge is 0.356 e. The molecular weight excluding hydrogens is 404 g/mol. The average Bonchev–Trinajstić information content (AvgIpc) is 3.04. The van der Waals surface area contributed by atoms with Gasteiger partial charge in [-0.05, 0) is 48.6 Å². The molecule has 144 valence electrons. The number of carbonyl (C=O) groups excluding carboxylic acids is 2. The van der Waals surface area contributed by atoms with Crippen LogP contribution in [0.5, 0.6) is 0 Å². The van der Waals surface area contributed by atoms with Crippen LogP contribution in [0.25, 0.3) is 0 Å². The van der Waals surface area contributed by atoms with Crippen LogP contribution >= 0.6 is 23.1 Å². The number of amides is 2. The molecule has 0 saturated heterocycles. The van der Waals surface area contributed by atoms with Crippen LogP contribution in [-0.4, -0.2) is 38.3 Å². The third-order valence-corrected chi connectivity index (χ3v) is 8.05. The lowest BCUT2D eigenvalue weighted by Crippen LogP contribution is -2.27. The fourth-order valence-corrected chi connectivity index (χ4v) is 5.63. The third kappa shape index (κ3) is 5.12.